The van der Waals surface area contributed by atoms with Crippen LogP contribution in [0.2, 0.25) is 0 Å². The van der Waals surface area contributed by atoms with Gasteiger partial charge in [0.1, 0.15) is 104 Å². The minimum absolute atomic E-state index is 0. The summed E-state index contributed by atoms with van der Waals surface area (Å²) in [5, 5.41) is 2.70. The molecule has 5 aliphatic rings. The first-order chi connectivity index (χ1) is 49.9. The van der Waals surface area contributed by atoms with Gasteiger partial charge in [-0.25, -0.2) is 0 Å². The fourth-order valence-electron chi connectivity index (χ4n) is 11.2. The maximum Gasteiger partial charge on any atom is 0.195 e. The van der Waals surface area contributed by atoms with E-state index in [-0.39, 0.29) is 614 Å². The minimum Gasteiger partial charge on any atom is -0.652 e. The maximum absolute atomic E-state index is 11.3. The summed E-state index contributed by atoms with van der Waals surface area (Å²) in [6, 6.07) is -0.786. The Morgan fingerprint density at radius 2 is 0.479 bits per heavy atom. The molecule has 18 radical (unpaired) electrons. The molecule has 5 rings (SSSR count). The van der Waals surface area contributed by atoms with Gasteiger partial charge in [-0.1, -0.05) is 110 Å². The molecular formula is C60H63NO42Y18-18. The van der Waals surface area contributed by atoms with Crippen molar-refractivity contribution < 1.29 is 789 Å². The Morgan fingerprint density at radius 1 is 0.264 bits per heavy atom. The molecule has 43 nitrogen and oxygen atoms in total. The monoisotopic (exact) mass is 3070 g/mol. The molecule has 61 heteroatoms. The average molecular weight is 3070 g/mol. The summed E-state index contributed by atoms with van der Waals surface area (Å²) in [6.07, 6.45) is -29.5. The van der Waals surface area contributed by atoms with E-state index in [2.05, 4.69) is 32.3 Å². The number of ether oxygens (including phenoxy) is 25. The van der Waals surface area contributed by atoms with Crippen molar-refractivity contribution in [2.24, 2.45) is 11.8 Å². The Kier molecular flexibility index (Phi) is 143. The zero-order valence-corrected chi connectivity index (χ0v) is 116. The summed E-state index contributed by atoms with van der Waals surface area (Å²) in [5.74, 6) is -1.94. The van der Waals surface area contributed by atoms with Crippen LogP contribution in [0, 0.1) is 18.0 Å². The summed E-state index contributed by atoms with van der Waals surface area (Å²) in [7, 11) is 0. The van der Waals surface area contributed by atoms with Crippen LogP contribution in [-0.2, 0) is 789 Å². The second-order valence-electron chi connectivity index (χ2n) is 21.8. The number of hydrogen-bond acceptors (Lipinski definition) is 43. The molecule has 2 saturated carbocycles. The van der Waals surface area contributed by atoms with Crippen LogP contribution in [0.5, 0.6) is 0 Å². The van der Waals surface area contributed by atoms with Crippen molar-refractivity contribution in [3.63, 3.8) is 0 Å². The van der Waals surface area contributed by atoms with Gasteiger partial charge in [0.2, 0.25) is 0 Å². The molecule has 3 saturated heterocycles. The second-order valence-corrected chi connectivity index (χ2v) is 21.8. The van der Waals surface area contributed by atoms with Crippen molar-refractivity contribution in [3.05, 3.63) is 12.8 Å². The van der Waals surface area contributed by atoms with Crippen molar-refractivity contribution in [1.82, 2.24) is 5.32 Å². The fourth-order valence-corrected chi connectivity index (χ4v) is 11.2. The van der Waals surface area contributed by atoms with Crippen LogP contribution in [-0.4, -0.2) is 302 Å². The Morgan fingerprint density at radius 3 is 0.744 bits per heavy atom. The summed E-state index contributed by atoms with van der Waals surface area (Å²) >= 11 is 0. The van der Waals surface area contributed by atoms with E-state index in [1.165, 1.54) is 97.1 Å². The standard InChI is InChI=1S/2C23H23O17.C14H17NO8.18Y/c2*1-13(2)38-23-22(37-12-30)21(36-11-29)19(16(40-23)5-32-7-25)39-15-3-14(4-31-6-24)17(33-8-26)20(35-10-28)18(15)34-9-27;1-4-15-11-13(21-8-18)12(20-7-17)10(5-19-6-16)23-14(11)22-9(2)3;;;;;;;;;;;;;;;;;;/h2*13-23H,3-5H2,1-2H3;9-15H,1,5H2,2-3H3;;;;;;;;;;;;;;;;;;/q2*-7;-4;;;;;;;;;;;;;;;;;;/t14-,15+,16-,17-,18+,19-,20+,21+,22-,23?;14-,15-,16-,17+,18+,19-,20+,21+,22-,23?;10-,11-,12-,13-,14?;;;;;;;;;;;;;;;;;;/m111................../s1. The van der Waals surface area contributed by atoms with Crippen molar-refractivity contribution in [1.29, 1.82) is 0 Å². The molecule has 3 heterocycles. The number of rotatable bonds is 51. The van der Waals surface area contributed by atoms with Gasteiger partial charge < -0.3 is 211 Å². The van der Waals surface area contributed by atoms with Crippen molar-refractivity contribution in [3.8, 4) is 0 Å². The van der Waals surface area contributed by atoms with E-state index in [9.17, 15) is 81.5 Å². The Hall–Kier alpha value is 10.1. The third kappa shape index (κ3) is 59.7. The Labute approximate surface area is 1150 Å². The normalized spacial score (nSPS) is 27.8. The predicted molar refractivity (Wildman–Crippen MR) is 309 cm³/mol. The van der Waals surface area contributed by atoms with Crippen molar-refractivity contribution >= 4 is 110 Å². The molecule has 25 atom stereocenters. The maximum atomic E-state index is 11.3. The van der Waals surface area contributed by atoms with Crippen LogP contribution >= 0.6 is 0 Å². The smallest absolute Gasteiger partial charge is 0.195 e. The van der Waals surface area contributed by atoms with Gasteiger partial charge in [-0.3, -0.25) is 6.58 Å². The largest absolute Gasteiger partial charge is 0.652 e. The van der Waals surface area contributed by atoms with Gasteiger partial charge in [0.15, 0.2) is 18.9 Å². The molecule has 0 aromatic carbocycles. The molecule has 0 amide bonds. The molecule has 3 unspecified atom stereocenters. The summed E-state index contributed by atoms with van der Waals surface area (Å²) in [5.41, 5.74) is 0. The van der Waals surface area contributed by atoms with E-state index in [0.717, 1.165) is 12.9 Å². The molecule has 3 aliphatic heterocycles. The van der Waals surface area contributed by atoms with Crippen LogP contribution < -0.4 is 5.32 Å². The summed E-state index contributed by atoms with van der Waals surface area (Å²) in [4.78, 5) is 186. The molecule has 0 aromatic heterocycles. The number of nitrogens with one attached hydrogen (secondary N) is 1. The molecule has 0 spiro atoms. The van der Waals surface area contributed by atoms with Gasteiger partial charge in [-0.2, -0.15) is 0 Å². The van der Waals surface area contributed by atoms with Gasteiger partial charge in [-0.15, -0.1) is 0 Å². The van der Waals surface area contributed by atoms with Crippen LogP contribution in [0.4, 0.5) is 0 Å². The van der Waals surface area contributed by atoms with Crippen LogP contribution in [0.15, 0.2) is 6.58 Å². The molecule has 0 aromatic rings. The van der Waals surface area contributed by atoms with Gasteiger partial charge in [0.25, 0.3) is 0 Å². The fraction of sp³-hybridized carbons (Fsp3) is 0.683. The molecule has 5 fully saturated rings. The van der Waals surface area contributed by atoms with Crippen LogP contribution in [0.25, 0.3) is 0 Å². The van der Waals surface area contributed by atoms with E-state index in [4.69, 9.17) is 104 Å². The van der Waals surface area contributed by atoms with E-state index in [1.54, 1.807) is 41.5 Å². The SMILES string of the molecule is C=[C-]N[C@H]1C(OC(C)C)O[C@H](CO[C-]=O)[C@@H](O[C-]=O)[C@@H]1O[C-]=O.CC(C)OC1O[C@H](CO[C-]=O)[C@@H](O[C@@H]2C[C@H](CO[C-]=O)[C@H](O[C-]=O)[C@H](O[C-]=O)[C@H]2O[C-]=O)[C@H](O[C-]=O)[C@H]1O[C-]=O.CC(C)OC1O[C@H](CO[C-]=O)[C@@H](O[C@H]2C[C@H](CO[C-]=O)[C@@H](O[C-]=O)[C@H](O[C-]=O)[C@H]2O[C-]=O)[C@H](O[C-]=O)[C@H]1O[C-]=O.[Y].[Y].[Y].[Y].[Y].[Y].[Y].[Y].[Y].[Y].[Y].[Y].[Y].[Y].[Y].[Y].[Y].[Y]. The van der Waals surface area contributed by atoms with E-state index < -0.39 is 191 Å². The predicted octanol–water partition coefficient (Wildman–Crippen LogP) is -6.34. The van der Waals surface area contributed by atoms with Crippen molar-refractivity contribution in [2.75, 3.05) is 33.0 Å². The third-order valence-corrected chi connectivity index (χ3v) is 14.9. The number of hydrogen-bond donors (Lipinski definition) is 1. The Bertz CT molecular complexity index is 2540. The number of carbonyl (C=O) groups excluding carboxylic acids is 17. The van der Waals surface area contributed by atoms with Crippen molar-refractivity contribution in [2.45, 2.75) is 214 Å². The van der Waals surface area contributed by atoms with Gasteiger partial charge in [-0.05, 0) is 54.4 Å². The Balaban J connectivity index is -0.0000000935. The van der Waals surface area contributed by atoms with Gasteiger partial charge in [0.05, 0.1) is 69.6 Å². The van der Waals surface area contributed by atoms with Gasteiger partial charge in [0, 0.05) is 601 Å². The average Bonchev–Trinajstić information content (AvgIpc) is 0.776. The quantitative estimate of drug-likeness (QED) is 0.0336. The van der Waals surface area contributed by atoms with E-state index in [1.807, 2.05) is 0 Å². The molecule has 632 valence electrons. The van der Waals surface area contributed by atoms with Crippen LogP contribution in [0.3, 0.4) is 0 Å². The van der Waals surface area contributed by atoms with Gasteiger partial charge >= 0.3 is 0 Å². The molecular weight excluding hydrogens is 3010 g/mol. The third-order valence-electron chi connectivity index (χ3n) is 14.9. The first-order valence-electron chi connectivity index (χ1n) is 29.7. The zero-order valence-electron chi connectivity index (χ0n) is 64.9. The van der Waals surface area contributed by atoms with E-state index >= 15 is 0 Å². The topological polar surface area (TPSA) is 533 Å². The second kappa shape index (κ2) is 103. The molecule has 2 aliphatic carbocycles. The molecule has 121 heavy (non-hydrogen) atoms. The first kappa shape index (κ1) is 167. The molecule has 0 bridgehead atoms. The minimum atomic E-state index is -1.59. The summed E-state index contributed by atoms with van der Waals surface area (Å²) in [6.45, 7) is 31.5. The van der Waals surface area contributed by atoms with Crippen LogP contribution in [0.1, 0.15) is 54.4 Å². The zero-order chi connectivity index (χ0) is 76.2. The molecule has 1 N–H and O–H groups in total. The summed E-state index contributed by atoms with van der Waals surface area (Å²) < 4.78 is 128. The first-order valence-corrected chi connectivity index (χ1v) is 29.7. The van der Waals surface area contributed by atoms with E-state index in [0.29, 0.717) is 0 Å².